The van der Waals surface area contributed by atoms with Crippen molar-refractivity contribution in [3.8, 4) is 0 Å². The lowest BCUT2D eigenvalue weighted by Gasteiger charge is -2.30. The number of aryl methyl sites for hydroxylation is 1. The van der Waals surface area contributed by atoms with Crippen LogP contribution in [0.5, 0.6) is 0 Å². The second-order valence-corrected chi connectivity index (χ2v) is 5.23. The summed E-state index contributed by atoms with van der Waals surface area (Å²) in [6.07, 6.45) is 0. The topological polar surface area (TPSA) is 69.6 Å². The molecule has 0 fully saturated rings. The van der Waals surface area contributed by atoms with Crippen molar-refractivity contribution in [1.82, 2.24) is 4.90 Å². The van der Waals surface area contributed by atoms with E-state index in [2.05, 4.69) is 5.32 Å². The third kappa shape index (κ3) is 3.77. The Balaban J connectivity index is 2.73. The summed E-state index contributed by atoms with van der Waals surface area (Å²) in [5.74, 6) is -1.85. The summed E-state index contributed by atoms with van der Waals surface area (Å²) in [6.45, 7) is 4.67. The monoisotopic (exact) mass is 282 g/mol. The van der Waals surface area contributed by atoms with Gasteiger partial charge >= 0.3 is 5.97 Å². The molecule has 0 saturated heterocycles. The van der Waals surface area contributed by atoms with Gasteiger partial charge in [-0.2, -0.15) is 0 Å². The number of amides is 1. The number of rotatable bonds is 5. The van der Waals surface area contributed by atoms with Gasteiger partial charge in [-0.15, -0.1) is 0 Å². The van der Waals surface area contributed by atoms with Crippen LogP contribution in [0.15, 0.2) is 18.2 Å². The molecular weight excluding hydrogens is 263 g/mol. The third-order valence-corrected chi connectivity index (χ3v) is 3.33. The predicted octanol–water partition coefficient (Wildman–Crippen LogP) is 1.87. The quantitative estimate of drug-likeness (QED) is 0.865. The Morgan fingerprint density at radius 2 is 2.00 bits per heavy atom. The number of carboxylic acids is 1. The lowest BCUT2D eigenvalue weighted by atomic mass is 10.0. The number of hydrogen-bond acceptors (Lipinski definition) is 3. The Morgan fingerprint density at radius 1 is 1.40 bits per heavy atom. The van der Waals surface area contributed by atoms with Crippen LogP contribution in [0.25, 0.3) is 0 Å². The van der Waals surface area contributed by atoms with Gasteiger partial charge in [0.1, 0.15) is 11.4 Å². The lowest BCUT2D eigenvalue weighted by molar-refractivity contribution is -0.148. The summed E-state index contributed by atoms with van der Waals surface area (Å²) < 4.78 is 13.1. The molecule has 0 saturated carbocycles. The first-order valence-corrected chi connectivity index (χ1v) is 6.15. The zero-order valence-electron chi connectivity index (χ0n) is 12.0. The number of nitrogens with zero attached hydrogens (tertiary/aromatic N) is 1. The van der Waals surface area contributed by atoms with Gasteiger partial charge in [0.05, 0.1) is 6.54 Å². The molecule has 0 aromatic heterocycles. The maximum Gasteiger partial charge on any atom is 0.323 e. The van der Waals surface area contributed by atoms with E-state index in [1.165, 1.54) is 30.9 Å². The number of likely N-dealkylation sites (N-methyl/N-ethyl adjacent to an activating group) is 1. The first-order chi connectivity index (χ1) is 9.14. The zero-order chi connectivity index (χ0) is 15.5. The van der Waals surface area contributed by atoms with E-state index in [1.807, 2.05) is 0 Å². The van der Waals surface area contributed by atoms with Crippen LogP contribution < -0.4 is 5.32 Å². The molecule has 0 atom stereocenters. The highest BCUT2D eigenvalue weighted by Gasteiger charge is 2.32. The van der Waals surface area contributed by atoms with Gasteiger partial charge in [-0.3, -0.25) is 14.5 Å². The Kier molecular flexibility index (Phi) is 4.83. The normalized spacial score (nSPS) is 11.5. The summed E-state index contributed by atoms with van der Waals surface area (Å²) in [5, 5.41) is 11.7. The minimum atomic E-state index is -1.16. The van der Waals surface area contributed by atoms with Crippen molar-refractivity contribution >= 4 is 17.6 Å². The number of carbonyl (C=O) groups excluding carboxylic acids is 1. The fraction of sp³-hybridized carbons (Fsp3) is 0.429. The minimum absolute atomic E-state index is 0.102. The van der Waals surface area contributed by atoms with Crippen LogP contribution in [-0.2, 0) is 9.59 Å². The summed E-state index contributed by atoms with van der Waals surface area (Å²) in [4.78, 5) is 24.4. The number of anilines is 1. The Labute approximate surface area is 117 Å². The van der Waals surface area contributed by atoms with Crippen molar-refractivity contribution in [2.75, 3.05) is 18.9 Å². The van der Waals surface area contributed by atoms with Gasteiger partial charge in [-0.25, -0.2) is 4.39 Å². The predicted molar refractivity (Wildman–Crippen MR) is 74.1 cm³/mol. The van der Waals surface area contributed by atoms with Crippen molar-refractivity contribution in [2.24, 2.45) is 0 Å². The number of aliphatic carboxylic acids is 1. The van der Waals surface area contributed by atoms with Gasteiger partial charge in [0, 0.05) is 5.69 Å². The second kappa shape index (κ2) is 6.00. The number of carboxylic acid groups (broad SMARTS) is 1. The Morgan fingerprint density at radius 3 is 2.55 bits per heavy atom. The molecule has 1 aromatic rings. The average Bonchev–Trinajstić information content (AvgIpc) is 2.33. The number of benzene rings is 1. The van der Waals surface area contributed by atoms with E-state index >= 15 is 0 Å². The number of halogens is 1. The van der Waals surface area contributed by atoms with E-state index in [0.717, 1.165) is 5.56 Å². The lowest BCUT2D eigenvalue weighted by Crippen LogP contribution is -2.50. The number of hydrogen-bond donors (Lipinski definition) is 2. The molecule has 1 amide bonds. The molecule has 0 radical (unpaired) electrons. The van der Waals surface area contributed by atoms with Crippen LogP contribution in [-0.4, -0.2) is 41.0 Å². The SMILES string of the molecule is Cc1ccc(F)cc1NC(=O)CN(C)C(C)(C)C(=O)O. The molecule has 2 N–H and O–H groups in total. The molecule has 5 nitrogen and oxygen atoms in total. The highest BCUT2D eigenvalue weighted by atomic mass is 19.1. The van der Waals surface area contributed by atoms with Crippen molar-refractivity contribution in [3.63, 3.8) is 0 Å². The number of carbonyl (C=O) groups is 2. The van der Waals surface area contributed by atoms with Crippen LogP contribution in [0.3, 0.4) is 0 Å². The third-order valence-electron chi connectivity index (χ3n) is 3.33. The van der Waals surface area contributed by atoms with Crippen LogP contribution in [0.1, 0.15) is 19.4 Å². The molecular formula is C14H19FN2O3. The molecule has 1 rings (SSSR count). The van der Waals surface area contributed by atoms with Gasteiger partial charge in [-0.05, 0) is 45.5 Å². The molecule has 1 aromatic carbocycles. The Hall–Kier alpha value is -1.95. The molecule has 0 bridgehead atoms. The van der Waals surface area contributed by atoms with Crippen molar-refractivity contribution in [1.29, 1.82) is 0 Å². The molecule has 0 aliphatic rings. The highest BCUT2D eigenvalue weighted by Crippen LogP contribution is 2.17. The molecule has 0 aliphatic carbocycles. The van der Waals surface area contributed by atoms with Crippen LogP contribution >= 0.6 is 0 Å². The van der Waals surface area contributed by atoms with Crippen LogP contribution in [0.4, 0.5) is 10.1 Å². The average molecular weight is 282 g/mol. The first kappa shape index (κ1) is 16.1. The Bertz CT molecular complexity index is 529. The smallest absolute Gasteiger partial charge is 0.323 e. The van der Waals surface area contributed by atoms with Crippen LogP contribution in [0, 0.1) is 12.7 Å². The molecule has 0 aliphatic heterocycles. The largest absolute Gasteiger partial charge is 0.480 e. The van der Waals surface area contributed by atoms with E-state index < -0.39 is 23.2 Å². The highest BCUT2D eigenvalue weighted by molar-refractivity contribution is 5.93. The van der Waals surface area contributed by atoms with Gasteiger partial charge < -0.3 is 10.4 Å². The standard InChI is InChI=1S/C14H19FN2O3/c1-9-5-6-10(15)7-11(9)16-12(18)8-17(4)14(2,3)13(19)20/h5-7H,8H2,1-4H3,(H,16,18)(H,19,20). The fourth-order valence-electron chi connectivity index (χ4n) is 1.49. The summed E-state index contributed by atoms with van der Waals surface area (Å²) in [6, 6.07) is 4.11. The van der Waals surface area contributed by atoms with E-state index in [9.17, 15) is 14.0 Å². The molecule has 6 heteroatoms. The van der Waals surface area contributed by atoms with Crippen molar-refractivity contribution in [2.45, 2.75) is 26.3 Å². The summed E-state index contributed by atoms with van der Waals surface area (Å²) >= 11 is 0. The molecule has 0 heterocycles. The molecule has 0 spiro atoms. The molecule has 0 unspecified atom stereocenters. The van der Waals surface area contributed by atoms with E-state index in [-0.39, 0.29) is 6.54 Å². The maximum absolute atomic E-state index is 13.1. The van der Waals surface area contributed by atoms with E-state index in [0.29, 0.717) is 5.69 Å². The van der Waals surface area contributed by atoms with Crippen molar-refractivity contribution < 1.29 is 19.1 Å². The van der Waals surface area contributed by atoms with Gasteiger partial charge in [0.2, 0.25) is 5.91 Å². The summed E-state index contributed by atoms with van der Waals surface area (Å²) in [7, 11) is 1.55. The number of nitrogens with one attached hydrogen (secondary N) is 1. The van der Waals surface area contributed by atoms with Gasteiger partial charge in [0.25, 0.3) is 0 Å². The molecule has 110 valence electrons. The van der Waals surface area contributed by atoms with Crippen LogP contribution in [0.2, 0.25) is 0 Å². The first-order valence-electron chi connectivity index (χ1n) is 6.15. The summed E-state index contributed by atoms with van der Waals surface area (Å²) in [5.41, 5.74) is -0.0367. The second-order valence-electron chi connectivity index (χ2n) is 5.23. The van der Waals surface area contributed by atoms with Gasteiger partial charge in [-0.1, -0.05) is 6.07 Å². The van der Waals surface area contributed by atoms with E-state index in [4.69, 9.17) is 5.11 Å². The maximum atomic E-state index is 13.1. The van der Waals surface area contributed by atoms with Crippen molar-refractivity contribution in [3.05, 3.63) is 29.6 Å². The van der Waals surface area contributed by atoms with E-state index in [1.54, 1.807) is 20.0 Å². The minimum Gasteiger partial charge on any atom is -0.480 e. The van der Waals surface area contributed by atoms with Gasteiger partial charge in [0.15, 0.2) is 0 Å². The zero-order valence-corrected chi connectivity index (χ0v) is 12.0. The molecule has 20 heavy (non-hydrogen) atoms. The fourth-order valence-corrected chi connectivity index (χ4v) is 1.49.